The minimum atomic E-state index is -0.429. The summed E-state index contributed by atoms with van der Waals surface area (Å²) in [6.45, 7) is 4.42. The van der Waals surface area contributed by atoms with Gasteiger partial charge in [0.05, 0.1) is 16.6 Å². The van der Waals surface area contributed by atoms with Gasteiger partial charge in [-0.25, -0.2) is 0 Å². The number of hydrogen-bond acceptors (Lipinski definition) is 2. The highest BCUT2D eigenvalue weighted by Crippen LogP contribution is 2.34. The van der Waals surface area contributed by atoms with Crippen molar-refractivity contribution in [3.05, 3.63) is 57.6 Å². The van der Waals surface area contributed by atoms with E-state index in [0.717, 1.165) is 29.7 Å². The van der Waals surface area contributed by atoms with Gasteiger partial charge in [-0.2, -0.15) is 0 Å². The second-order valence-electron chi connectivity index (χ2n) is 6.65. The van der Waals surface area contributed by atoms with Crippen LogP contribution in [0.4, 0.5) is 11.4 Å². The average Bonchev–Trinajstić information content (AvgIpc) is 3.05. The van der Waals surface area contributed by atoms with Gasteiger partial charge in [0.15, 0.2) is 0 Å². The predicted octanol–water partition coefficient (Wildman–Crippen LogP) is 5.11. The van der Waals surface area contributed by atoms with Crippen molar-refractivity contribution in [1.29, 1.82) is 0 Å². The number of hydrogen-bond donors (Lipinski definition) is 1. The third kappa shape index (κ3) is 4.12. The standard InChI is InChI=1S/C21H22Cl2N2O2/c1-3-13-6-5-7-14(4-2)20(13)24-21(27)15-10-19(26)25(12-15)18-11-16(22)8-9-17(18)23/h5-9,11,15H,3-4,10,12H2,1-2H3,(H,24,27)/t15-/m1/s1. The number of nitrogens with one attached hydrogen (secondary N) is 1. The van der Waals surface area contributed by atoms with Gasteiger partial charge in [0.2, 0.25) is 11.8 Å². The molecule has 142 valence electrons. The van der Waals surface area contributed by atoms with E-state index in [1.54, 1.807) is 23.1 Å². The Kier molecular flexibility index (Phi) is 6.08. The third-order valence-electron chi connectivity index (χ3n) is 4.94. The molecule has 1 N–H and O–H groups in total. The molecule has 2 aromatic carbocycles. The fourth-order valence-electron chi connectivity index (χ4n) is 3.44. The highest BCUT2D eigenvalue weighted by molar-refractivity contribution is 6.36. The zero-order chi connectivity index (χ0) is 19.6. The molecule has 1 atom stereocenters. The lowest BCUT2D eigenvalue weighted by Crippen LogP contribution is -2.28. The second-order valence-corrected chi connectivity index (χ2v) is 7.49. The SMILES string of the molecule is CCc1cccc(CC)c1NC(=O)[C@@H]1CC(=O)N(c2cc(Cl)ccc2Cl)C1. The first kappa shape index (κ1) is 19.7. The number of aryl methyl sites for hydroxylation is 2. The molecular weight excluding hydrogens is 383 g/mol. The number of carbonyl (C=O) groups excluding carboxylic acids is 2. The molecule has 0 saturated carbocycles. The van der Waals surface area contributed by atoms with Gasteiger partial charge in [-0.3, -0.25) is 9.59 Å². The Bertz CT molecular complexity index is 860. The topological polar surface area (TPSA) is 49.4 Å². The number of nitrogens with zero attached hydrogens (tertiary/aromatic N) is 1. The quantitative estimate of drug-likeness (QED) is 0.752. The van der Waals surface area contributed by atoms with Crippen LogP contribution in [0, 0.1) is 5.92 Å². The van der Waals surface area contributed by atoms with E-state index in [9.17, 15) is 9.59 Å². The minimum absolute atomic E-state index is 0.126. The Hall–Kier alpha value is -2.04. The second kappa shape index (κ2) is 8.32. The van der Waals surface area contributed by atoms with E-state index in [1.807, 2.05) is 18.2 Å². The predicted molar refractivity (Wildman–Crippen MR) is 111 cm³/mol. The fourth-order valence-corrected chi connectivity index (χ4v) is 3.82. The van der Waals surface area contributed by atoms with Crippen molar-refractivity contribution in [2.45, 2.75) is 33.1 Å². The van der Waals surface area contributed by atoms with E-state index < -0.39 is 5.92 Å². The molecular formula is C21H22Cl2N2O2. The van der Waals surface area contributed by atoms with Crippen LogP contribution in [-0.2, 0) is 22.4 Å². The first-order valence-corrected chi connectivity index (χ1v) is 9.87. The van der Waals surface area contributed by atoms with Crippen LogP contribution in [0.25, 0.3) is 0 Å². The zero-order valence-corrected chi connectivity index (χ0v) is 16.9. The van der Waals surface area contributed by atoms with Crippen molar-refractivity contribution >= 4 is 46.4 Å². The number of rotatable bonds is 5. The van der Waals surface area contributed by atoms with Crippen LogP contribution < -0.4 is 10.2 Å². The molecule has 3 rings (SSSR count). The van der Waals surface area contributed by atoms with E-state index >= 15 is 0 Å². The van der Waals surface area contributed by atoms with Gasteiger partial charge in [-0.05, 0) is 42.2 Å². The minimum Gasteiger partial charge on any atom is -0.325 e. The van der Waals surface area contributed by atoms with Crippen molar-refractivity contribution in [3.8, 4) is 0 Å². The Morgan fingerprint density at radius 3 is 2.44 bits per heavy atom. The molecule has 6 heteroatoms. The van der Waals surface area contributed by atoms with Gasteiger partial charge in [0.25, 0.3) is 0 Å². The van der Waals surface area contributed by atoms with Crippen molar-refractivity contribution in [1.82, 2.24) is 0 Å². The maximum atomic E-state index is 12.9. The summed E-state index contributed by atoms with van der Waals surface area (Å²) in [7, 11) is 0. The number of benzene rings is 2. The molecule has 27 heavy (non-hydrogen) atoms. The molecule has 2 amide bonds. The van der Waals surface area contributed by atoms with Gasteiger partial charge in [0.1, 0.15) is 0 Å². The number of para-hydroxylation sites is 1. The Morgan fingerprint density at radius 1 is 1.15 bits per heavy atom. The van der Waals surface area contributed by atoms with E-state index in [1.165, 1.54) is 0 Å². The van der Waals surface area contributed by atoms with Crippen LogP contribution in [0.2, 0.25) is 10.0 Å². The largest absolute Gasteiger partial charge is 0.325 e. The van der Waals surface area contributed by atoms with Gasteiger partial charge in [0, 0.05) is 23.7 Å². The number of amides is 2. The number of halogens is 2. The molecule has 1 heterocycles. The summed E-state index contributed by atoms with van der Waals surface area (Å²) < 4.78 is 0. The van der Waals surface area contributed by atoms with Crippen LogP contribution >= 0.6 is 23.2 Å². The summed E-state index contributed by atoms with van der Waals surface area (Å²) in [6, 6.07) is 11.0. The zero-order valence-electron chi connectivity index (χ0n) is 15.4. The molecule has 2 aromatic rings. The lowest BCUT2D eigenvalue weighted by molar-refractivity contribution is -0.122. The Labute approximate surface area is 169 Å². The highest BCUT2D eigenvalue weighted by atomic mass is 35.5. The summed E-state index contributed by atoms with van der Waals surface area (Å²) in [5.41, 5.74) is 3.62. The summed E-state index contributed by atoms with van der Waals surface area (Å²) in [6.07, 6.45) is 1.82. The summed E-state index contributed by atoms with van der Waals surface area (Å²) in [5.74, 6) is -0.694. The average molecular weight is 405 g/mol. The van der Waals surface area contributed by atoms with Gasteiger partial charge in [-0.15, -0.1) is 0 Å². The number of carbonyl (C=O) groups is 2. The molecule has 0 radical (unpaired) electrons. The Balaban J connectivity index is 1.80. The monoisotopic (exact) mass is 404 g/mol. The summed E-state index contributed by atoms with van der Waals surface area (Å²) in [5, 5.41) is 4.01. The molecule has 4 nitrogen and oxygen atoms in total. The lowest BCUT2D eigenvalue weighted by atomic mass is 10.0. The molecule has 0 unspecified atom stereocenters. The smallest absolute Gasteiger partial charge is 0.229 e. The number of anilines is 2. The van der Waals surface area contributed by atoms with E-state index in [4.69, 9.17) is 23.2 Å². The van der Waals surface area contributed by atoms with Crippen LogP contribution in [0.5, 0.6) is 0 Å². The van der Waals surface area contributed by atoms with Crippen molar-refractivity contribution in [2.75, 3.05) is 16.8 Å². The maximum Gasteiger partial charge on any atom is 0.229 e. The normalized spacial score (nSPS) is 16.7. The van der Waals surface area contributed by atoms with Gasteiger partial charge in [-0.1, -0.05) is 55.2 Å². The third-order valence-corrected chi connectivity index (χ3v) is 5.50. The van der Waals surface area contributed by atoms with Crippen LogP contribution in [0.1, 0.15) is 31.4 Å². The van der Waals surface area contributed by atoms with E-state index in [2.05, 4.69) is 19.2 Å². The summed E-state index contributed by atoms with van der Waals surface area (Å²) >= 11 is 12.3. The highest BCUT2D eigenvalue weighted by Gasteiger charge is 2.36. The van der Waals surface area contributed by atoms with Crippen LogP contribution in [-0.4, -0.2) is 18.4 Å². The molecule has 0 bridgehead atoms. The molecule has 0 spiro atoms. The lowest BCUT2D eigenvalue weighted by Gasteiger charge is -2.19. The molecule has 1 aliphatic rings. The van der Waals surface area contributed by atoms with Crippen molar-refractivity contribution in [3.63, 3.8) is 0 Å². The van der Waals surface area contributed by atoms with E-state index in [0.29, 0.717) is 22.3 Å². The first-order valence-electron chi connectivity index (χ1n) is 9.11. The van der Waals surface area contributed by atoms with Crippen LogP contribution in [0.15, 0.2) is 36.4 Å². The first-order chi connectivity index (χ1) is 12.9. The van der Waals surface area contributed by atoms with Gasteiger partial charge >= 0.3 is 0 Å². The molecule has 1 fully saturated rings. The Morgan fingerprint density at radius 2 is 1.81 bits per heavy atom. The summed E-state index contributed by atoms with van der Waals surface area (Å²) in [4.78, 5) is 26.9. The molecule has 1 saturated heterocycles. The van der Waals surface area contributed by atoms with Gasteiger partial charge < -0.3 is 10.2 Å². The molecule has 0 aromatic heterocycles. The molecule has 0 aliphatic carbocycles. The molecule has 1 aliphatic heterocycles. The van der Waals surface area contributed by atoms with E-state index in [-0.39, 0.29) is 18.2 Å². The van der Waals surface area contributed by atoms with Crippen molar-refractivity contribution < 1.29 is 9.59 Å². The fraction of sp³-hybridized carbons (Fsp3) is 0.333. The van der Waals surface area contributed by atoms with Crippen molar-refractivity contribution in [2.24, 2.45) is 5.92 Å². The maximum absolute atomic E-state index is 12.9. The van der Waals surface area contributed by atoms with Crippen LogP contribution in [0.3, 0.4) is 0 Å².